The molecule has 0 aliphatic carbocycles. The van der Waals surface area contributed by atoms with E-state index in [2.05, 4.69) is 5.32 Å². The lowest BCUT2D eigenvalue weighted by molar-refractivity contribution is 0.102. The molecule has 2 N–H and O–H groups in total. The van der Waals surface area contributed by atoms with Crippen LogP contribution in [0.15, 0.2) is 47.4 Å². The highest BCUT2D eigenvalue weighted by molar-refractivity contribution is 7.82. The quantitative estimate of drug-likeness (QED) is 0.856. The normalized spacial score (nSPS) is 16.7. The molecule has 0 saturated carbocycles. The fraction of sp³-hybridized carbons (Fsp3) is 0.350. The summed E-state index contributed by atoms with van der Waals surface area (Å²) in [5.74, 6) is -0.195. The lowest BCUT2D eigenvalue weighted by atomic mass is 10.1. The summed E-state index contributed by atoms with van der Waals surface area (Å²) in [6, 6.07) is 11.7. The topological polar surface area (TPSA) is 69.6 Å². The van der Waals surface area contributed by atoms with E-state index in [4.69, 9.17) is 0 Å². The summed E-state index contributed by atoms with van der Waals surface area (Å²) in [4.78, 5) is 13.2. The highest BCUT2D eigenvalue weighted by Gasteiger charge is 2.20. The van der Waals surface area contributed by atoms with E-state index in [0.29, 0.717) is 16.1 Å². The van der Waals surface area contributed by atoms with Crippen LogP contribution in [0, 0.1) is 6.92 Å². The SMILES string of the molecule is Cc1ccc(C(=O)Nc2cccc(O)c2)cc1S(=O)N1CCCCCC1. The maximum Gasteiger partial charge on any atom is 0.255 e. The third-order valence-corrected chi connectivity index (χ3v) is 6.19. The first-order chi connectivity index (χ1) is 12.5. The molecule has 6 heteroatoms. The van der Waals surface area contributed by atoms with Crippen molar-refractivity contribution in [1.29, 1.82) is 0 Å². The third kappa shape index (κ3) is 4.51. The van der Waals surface area contributed by atoms with Gasteiger partial charge < -0.3 is 10.4 Å². The van der Waals surface area contributed by atoms with E-state index in [-0.39, 0.29) is 11.7 Å². The number of phenolic OH excluding ortho intramolecular Hbond substituents is 1. The molecule has 1 heterocycles. The van der Waals surface area contributed by atoms with Gasteiger partial charge in [-0.1, -0.05) is 25.0 Å². The zero-order chi connectivity index (χ0) is 18.5. The summed E-state index contributed by atoms with van der Waals surface area (Å²) < 4.78 is 15.0. The predicted molar refractivity (Wildman–Crippen MR) is 104 cm³/mol. The minimum absolute atomic E-state index is 0.0923. The van der Waals surface area contributed by atoms with Gasteiger partial charge >= 0.3 is 0 Å². The summed E-state index contributed by atoms with van der Waals surface area (Å²) in [5.41, 5.74) is 1.89. The van der Waals surface area contributed by atoms with Crippen molar-refractivity contribution in [2.75, 3.05) is 18.4 Å². The Morgan fingerprint density at radius 2 is 1.81 bits per heavy atom. The minimum Gasteiger partial charge on any atom is -0.508 e. The van der Waals surface area contributed by atoms with Crippen molar-refractivity contribution < 1.29 is 14.1 Å². The van der Waals surface area contributed by atoms with Gasteiger partial charge in [-0.3, -0.25) is 4.79 Å². The number of rotatable bonds is 4. The molecule has 1 aliphatic heterocycles. The average molecular weight is 372 g/mol. The van der Waals surface area contributed by atoms with Gasteiger partial charge in [-0.05, 0) is 49.6 Å². The van der Waals surface area contributed by atoms with Crippen molar-refractivity contribution in [2.24, 2.45) is 0 Å². The van der Waals surface area contributed by atoms with Gasteiger partial charge in [0, 0.05) is 30.4 Å². The van der Waals surface area contributed by atoms with Crippen LogP contribution in [-0.4, -0.2) is 32.6 Å². The van der Waals surface area contributed by atoms with E-state index in [1.54, 1.807) is 30.3 Å². The van der Waals surface area contributed by atoms with Gasteiger partial charge in [-0.25, -0.2) is 8.51 Å². The Hall–Kier alpha value is -2.18. The van der Waals surface area contributed by atoms with E-state index in [1.807, 2.05) is 17.3 Å². The van der Waals surface area contributed by atoms with Crippen LogP contribution in [0.2, 0.25) is 0 Å². The predicted octanol–water partition coefficient (Wildman–Crippen LogP) is 3.85. The molecule has 1 amide bonds. The van der Waals surface area contributed by atoms with Crippen LogP contribution in [0.3, 0.4) is 0 Å². The fourth-order valence-corrected chi connectivity index (χ4v) is 4.50. The Morgan fingerprint density at radius 1 is 1.08 bits per heavy atom. The van der Waals surface area contributed by atoms with Gasteiger partial charge in [0.25, 0.3) is 5.91 Å². The number of amides is 1. The Morgan fingerprint density at radius 3 is 2.50 bits per heavy atom. The molecule has 3 rings (SSSR count). The molecule has 1 aliphatic rings. The van der Waals surface area contributed by atoms with Crippen molar-refractivity contribution in [1.82, 2.24) is 4.31 Å². The van der Waals surface area contributed by atoms with E-state index in [1.165, 1.54) is 18.9 Å². The van der Waals surface area contributed by atoms with Crippen LogP contribution >= 0.6 is 0 Å². The second-order valence-corrected chi connectivity index (χ2v) is 8.03. The molecule has 138 valence electrons. The Labute approximate surface area is 156 Å². The molecule has 2 aromatic rings. The zero-order valence-corrected chi connectivity index (χ0v) is 15.7. The van der Waals surface area contributed by atoms with Crippen molar-refractivity contribution >= 4 is 22.6 Å². The minimum atomic E-state index is -1.26. The first kappa shape index (κ1) is 18.6. The molecule has 1 unspecified atom stereocenters. The Bertz CT molecular complexity index is 814. The number of hydrogen-bond acceptors (Lipinski definition) is 3. The van der Waals surface area contributed by atoms with Crippen molar-refractivity contribution in [2.45, 2.75) is 37.5 Å². The number of hydrogen-bond donors (Lipinski definition) is 2. The molecule has 0 spiro atoms. The number of nitrogens with zero attached hydrogens (tertiary/aromatic N) is 1. The van der Waals surface area contributed by atoms with Crippen LogP contribution in [0.1, 0.15) is 41.6 Å². The molecule has 0 aromatic heterocycles. The van der Waals surface area contributed by atoms with Gasteiger partial charge in [-0.2, -0.15) is 0 Å². The summed E-state index contributed by atoms with van der Waals surface area (Å²) >= 11 is 0. The molecule has 0 bridgehead atoms. The first-order valence-electron chi connectivity index (χ1n) is 8.92. The number of benzene rings is 2. The van der Waals surface area contributed by atoms with Gasteiger partial charge in [0.15, 0.2) is 0 Å². The highest BCUT2D eigenvalue weighted by atomic mass is 32.2. The number of aromatic hydroxyl groups is 1. The van der Waals surface area contributed by atoms with E-state index < -0.39 is 11.0 Å². The fourth-order valence-electron chi connectivity index (χ4n) is 3.06. The monoisotopic (exact) mass is 372 g/mol. The smallest absolute Gasteiger partial charge is 0.255 e. The lowest BCUT2D eigenvalue weighted by Crippen LogP contribution is -2.27. The molecule has 2 aromatic carbocycles. The summed E-state index contributed by atoms with van der Waals surface area (Å²) in [6.07, 6.45) is 4.48. The van der Waals surface area contributed by atoms with E-state index in [0.717, 1.165) is 31.5 Å². The van der Waals surface area contributed by atoms with Gasteiger partial charge in [-0.15, -0.1) is 0 Å². The van der Waals surface area contributed by atoms with Crippen molar-refractivity contribution in [3.63, 3.8) is 0 Å². The molecular formula is C20H24N2O3S. The summed E-state index contributed by atoms with van der Waals surface area (Å²) in [7, 11) is -1.26. The Balaban J connectivity index is 1.80. The largest absolute Gasteiger partial charge is 0.508 e. The van der Waals surface area contributed by atoms with Crippen LogP contribution < -0.4 is 5.32 Å². The van der Waals surface area contributed by atoms with Gasteiger partial charge in [0.2, 0.25) is 0 Å². The van der Waals surface area contributed by atoms with Crippen LogP contribution in [0.4, 0.5) is 5.69 Å². The number of nitrogens with one attached hydrogen (secondary N) is 1. The molecule has 5 nitrogen and oxygen atoms in total. The molecule has 1 saturated heterocycles. The molecule has 0 radical (unpaired) electrons. The number of carbonyl (C=O) groups is 1. The second-order valence-electron chi connectivity index (χ2n) is 6.58. The van der Waals surface area contributed by atoms with Crippen LogP contribution in [0.25, 0.3) is 0 Å². The lowest BCUT2D eigenvalue weighted by Gasteiger charge is -2.20. The van der Waals surface area contributed by atoms with E-state index >= 15 is 0 Å². The van der Waals surface area contributed by atoms with Gasteiger partial charge in [0.1, 0.15) is 16.7 Å². The van der Waals surface area contributed by atoms with E-state index in [9.17, 15) is 14.1 Å². The number of carbonyl (C=O) groups excluding carboxylic acids is 1. The Kier molecular flexibility index (Phi) is 6.06. The first-order valence-corrected chi connectivity index (χ1v) is 10.0. The maximum atomic E-state index is 13.0. The number of anilines is 1. The number of phenols is 1. The summed E-state index contributed by atoms with van der Waals surface area (Å²) in [5, 5.41) is 12.3. The molecule has 1 atom stereocenters. The van der Waals surface area contributed by atoms with Crippen LogP contribution in [-0.2, 0) is 11.0 Å². The van der Waals surface area contributed by atoms with Crippen LogP contribution in [0.5, 0.6) is 5.75 Å². The molecule has 26 heavy (non-hydrogen) atoms. The van der Waals surface area contributed by atoms with Crippen molar-refractivity contribution in [3.05, 3.63) is 53.6 Å². The maximum absolute atomic E-state index is 13.0. The molecule has 1 fully saturated rings. The molecular weight excluding hydrogens is 348 g/mol. The highest BCUT2D eigenvalue weighted by Crippen LogP contribution is 2.22. The number of aryl methyl sites for hydroxylation is 1. The third-order valence-electron chi connectivity index (χ3n) is 4.54. The summed E-state index contributed by atoms with van der Waals surface area (Å²) in [6.45, 7) is 3.57. The second kappa shape index (κ2) is 8.47. The van der Waals surface area contributed by atoms with Gasteiger partial charge in [0.05, 0.1) is 4.90 Å². The standard InChI is InChI=1S/C20H24N2O3S/c1-15-9-10-16(20(24)21-17-7-6-8-18(23)14-17)13-19(15)26(25)22-11-4-2-3-5-12-22/h6-10,13-14,23H,2-5,11-12H2,1H3,(H,21,24). The van der Waals surface area contributed by atoms with Crippen molar-refractivity contribution in [3.8, 4) is 5.75 Å². The zero-order valence-electron chi connectivity index (χ0n) is 14.9. The average Bonchev–Trinajstić information content (AvgIpc) is 2.91.